The van der Waals surface area contributed by atoms with Gasteiger partial charge in [0.1, 0.15) is 17.5 Å². The number of allylic oxidation sites excluding steroid dienone is 2. The third-order valence-electron chi connectivity index (χ3n) is 4.81. The van der Waals surface area contributed by atoms with Crippen LogP contribution in [0.2, 0.25) is 0 Å². The predicted molar refractivity (Wildman–Crippen MR) is 76.2 cm³/mol. The Morgan fingerprint density at radius 3 is 2.76 bits per heavy atom. The van der Waals surface area contributed by atoms with Gasteiger partial charge in [-0.25, -0.2) is 4.39 Å². The van der Waals surface area contributed by atoms with Crippen LogP contribution in [-0.4, -0.2) is 18.9 Å². The highest BCUT2D eigenvalue weighted by Gasteiger charge is 2.51. The summed E-state index contributed by atoms with van der Waals surface area (Å²) >= 11 is 0. The molecule has 1 unspecified atom stereocenters. The van der Waals surface area contributed by atoms with Crippen molar-refractivity contribution in [2.45, 2.75) is 31.6 Å². The van der Waals surface area contributed by atoms with Gasteiger partial charge in [0.25, 0.3) is 0 Å². The molecule has 2 atom stereocenters. The number of halogens is 1. The van der Waals surface area contributed by atoms with Gasteiger partial charge in [-0.05, 0) is 36.5 Å². The topological polar surface area (TPSA) is 43.4 Å². The molecule has 1 spiro atoms. The number of Topliss-reactive ketones (excluding diaryl/α,β-unsaturated/α-hetero) is 1. The molecule has 3 nitrogen and oxygen atoms in total. The molecule has 0 N–H and O–H groups in total. The number of fused-ring (bicyclic) bond motifs is 2. The number of hydrogen-bond donors (Lipinski definition) is 0. The second-order valence-electron chi connectivity index (χ2n) is 5.82. The summed E-state index contributed by atoms with van der Waals surface area (Å²) in [6, 6.07) is 7.51. The Hall–Kier alpha value is -1.97. The lowest BCUT2D eigenvalue weighted by Gasteiger charge is -2.36. The van der Waals surface area contributed by atoms with Crippen molar-refractivity contribution in [3.63, 3.8) is 0 Å². The van der Waals surface area contributed by atoms with Gasteiger partial charge in [-0.15, -0.1) is 0 Å². The van der Waals surface area contributed by atoms with Gasteiger partial charge in [-0.3, -0.25) is 9.59 Å². The average Bonchev–Trinajstić information content (AvgIpc) is 2.70. The average molecular weight is 288 g/mol. The minimum absolute atomic E-state index is 0.0347. The standard InChI is InChI=1S/C17H17FO3/c1-10-11-5-3-4-6-13(11)17(15(10)18)8-7-12(14(19)9-17)16(20)21-2/h3-6,12H,7-9H2,1-2H3/t12?,17-/m1/s1. The number of carbonyl (C=O) groups is 2. The Balaban J connectivity index is 2.01. The molecule has 4 heteroatoms. The summed E-state index contributed by atoms with van der Waals surface area (Å²) < 4.78 is 19.5. The second kappa shape index (κ2) is 4.79. The summed E-state index contributed by atoms with van der Waals surface area (Å²) in [7, 11) is 1.27. The third-order valence-corrected chi connectivity index (χ3v) is 4.81. The van der Waals surface area contributed by atoms with E-state index >= 15 is 0 Å². The Labute approximate surface area is 122 Å². The van der Waals surface area contributed by atoms with Crippen molar-refractivity contribution in [1.29, 1.82) is 0 Å². The number of carbonyl (C=O) groups excluding carboxylic acids is 2. The number of hydrogen-bond acceptors (Lipinski definition) is 3. The third kappa shape index (κ3) is 1.85. The van der Waals surface area contributed by atoms with E-state index in [9.17, 15) is 14.0 Å². The lowest BCUT2D eigenvalue weighted by molar-refractivity contribution is -0.151. The van der Waals surface area contributed by atoms with Gasteiger partial charge >= 0.3 is 5.97 Å². The van der Waals surface area contributed by atoms with Crippen LogP contribution in [0.25, 0.3) is 5.57 Å². The maximum Gasteiger partial charge on any atom is 0.316 e. The molecule has 0 bridgehead atoms. The molecule has 1 fully saturated rings. The van der Waals surface area contributed by atoms with Crippen LogP contribution in [0, 0.1) is 5.92 Å². The van der Waals surface area contributed by atoms with Gasteiger partial charge in [0, 0.05) is 6.42 Å². The molecule has 2 aliphatic carbocycles. The zero-order valence-corrected chi connectivity index (χ0v) is 12.1. The maximum atomic E-state index is 14.8. The highest BCUT2D eigenvalue weighted by atomic mass is 19.1. The molecule has 0 radical (unpaired) electrons. The smallest absolute Gasteiger partial charge is 0.316 e. The van der Waals surface area contributed by atoms with Crippen molar-refractivity contribution in [2.75, 3.05) is 7.11 Å². The summed E-state index contributed by atoms with van der Waals surface area (Å²) in [4.78, 5) is 24.0. The van der Waals surface area contributed by atoms with E-state index in [1.54, 1.807) is 6.92 Å². The minimum atomic E-state index is -0.873. The quantitative estimate of drug-likeness (QED) is 0.589. The number of methoxy groups -OCH3 is 1. The SMILES string of the molecule is COC(=O)C1CC[C@]2(CC1=O)C(F)=C(C)c1ccccc12. The van der Waals surface area contributed by atoms with Crippen LogP contribution in [0.15, 0.2) is 30.1 Å². The van der Waals surface area contributed by atoms with Crippen molar-refractivity contribution in [3.05, 3.63) is 41.2 Å². The first kappa shape index (κ1) is 14.0. The van der Waals surface area contributed by atoms with Crippen molar-refractivity contribution in [1.82, 2.24) is 0 Å². The Bertz CT molecular complexity index is 662. The molecular weight excluding hydrogens is 271 g/mol. The Morgan fingerprint density at radius 2 is 2.10 bits per heavy atom. The first-order chi connectivity index (χ1) is 10.0. The number of rotatable bonds is 1. The molecule has 1 aromatic carbocycles. The second-order valence-corrected chi connectivity index (χ2v) is 5.82. The van der Waals surface area contributed by atoms with Gasteiger partial charge in [-0.1, -0.05) is 24.3 Å². The first-order valence-corrected chi connectivity index (χ1v) is 7.08. The largest absolute Gasteiger partial charge is 0.468 e. The molecule has 0 heterocycles. The molecule has 1 aromatic rings. The maximum absolute atomic E-state index is 14.8. The summed E-state index contributed by atoms with van der Waals surface area (Å²) in [5.41, 5.74) is 1.48. The van der Waals surface area contributed by atoms with Crippen molar-refractivity contribution >= 4 is 17.3 Å². The fourth-order valence-corrected chi connectivity index (χ4v) is 3.69. The van der Waals surface area contributed by atoms with E-state index < -0.39 is 17.3 Å². The number of esters is 1. The fraction of sp³-hybridized carbons (Fsp3) is 0.412. The zero-order chi connectivity index (χ0) is 15.2. The molecule has 1 saturated carbocycles. The van der Waals surface area contributed by atoms with Crippen LogP contribution in [0.4, 0.5) is 4.39 Å². The van der Waals surface area contributed by atoms with Gasteiger partial charge in [0.05, 0.1) is 12.5 Å². The van der Waals surface area contributed by atoms with Crippen LogP contribution < -0.4 is 0 Å². The Kier molecular flexibility index (Phi) is 3.19. The number of ketones is 1. The summed E-state index contributed by atoms with van der Waals surface area (Å²) in [6.45, 7) is 1.75. The molecule has 0 aliphatic heterocycles. The highest BCUT2D eigenvalue weighted by Crippen LogP contribution is 2.54. The Morgan fingerprint density at radius 1 is 1.38 bits per heavy atom. The monoisotopic (exact) mass is 288 g/mol. The summed E-state index contributed by atoms with van der Waals surface area (Å²) in [5, 5.41) is 0. The highest BCUT2D eigenvalue weighted by molar-refractivity contribution is 6.01. The summed E-state index contributed by atoms with van der Waals surface area (Å²) in [6.07, 6.45) is 0.826. The number of benzene rings is 1. The molecule has 3 rings (SSSR count). The first-order valence-electron chi connectivity index (χ1n) is 7.08. The molecule has 0 amide bonds. The lowest BCUT2D eigenvalue weighted by Crippen LogP contribution is -2.40. The molecule has 0 aromatic heterocycles. The fourth-order valence-electron chi connectivity index (χ4n) is 3.69. The molecule has 110 valence electrons. The normalized spacial score (nSPS) is 28.0. The van der Waals surface area contributed by atoms with E-state index in [1.807, 2.05) is 24.3 Å². The van der Waals surface area contributed by atoms with Gasteiger partial charge in [0.15, 0.2) is 0 Å². The van der Waals surface area contributed by atoms with E-state index in [0.29, 0.717) is 18.4 Å². The molecular formula is C17H17FO3. The minimum Gasteiger partial charge on any atom is -0.468 e. The van der Waals surface area contributed by atoms with Crippen LogP contribution in [0.1, 0.15) is 37.3 Å². The van der Waals surface area contributed by atoms with E-state index in [2.05, 4.69) is 4.74 Å². The van der Waals surface area contributed by atoms with E-state index in [-0.39, 0.29) is 18.0 Å². The van der Waals surface area contributed by atoms with Gasteiger partial charge < -0.3 is 4.74 Å². The van der Waals surface area contributed by atoms with E-state index in [4.69, 9.17) is 0 Å². The van der Waals surface area contributed by atoms with Crippen LogP contribution in [-0.2, 0) is 19.7 Å². The number of ether oxygens (including phenoxy) is 1. The lowest BCUT2D eigenvalue weighted by atomic mass is 9.66. The zero-order valence-electron chi connectivity index (χ0n) is 12.1. The van der Waals surface area contributed by atoms with E-state index in [1.165, 1.54) is 7.11 Å². The van der Waals surface area contributed by atoms with Gasteiger partial charge in [-0.2, -0.15) is 0 Å². The predicted octanol–water partition coefficient (Wildman–Crippen LogP) is 3.18. The van der Waals surface area contributed by atoms with Crippen LogP contribution in [0.5, 0.6) is 0 Å². The van der Waals surface area contributed by atoms with Crippen LogP contribution >= 0.6 is 0 Å². The van der Waals surface area contributed by atoms with E-state index in [0.717, 1.165) is 11.1 Å². The summed E-state index contributed by atoms with van der Waals surface area (Å²) in [5.74, 6) is -1.71. The molecule has 0 saturated heterocycles. The van der Waals surface area contributed by atoms with Crippen LogP contribution in [0.3, 0.4) is 0 Å². The van der Waals surface area contributed by atoms with Crippen molar-refractivity contribution < 1.29 is 18.7 Å². The van der Waals surface area contributed by atoms with Crippen molar-refractivity contribution in [3.8, 4) is 0 Å². The molecule has 2 aliphatic rings. The molecule has 21 heavy (non-hydrogen) atoms. The van der Waals surface area contributed by atoms with Gasteiger partial charge in [0.2, 0.25) is 0 Å². The van der Waals surface area contributed by atoms with Crippen molar-refractivity contribution in [2.24, 2.45) is 5.92 Å².